The topological polar surface area (TPSA) is 83.7 Å². The second kappa shape index (κ2) is 5.99. The van der Waals surface area contributed by atoms with Crippen molar-refractivity contribution in [3.05, 3.63) is 0 Å². The number of hydrogen-bond acceptors (Lipinski definition) is 4. The molecular formula is C13H25N3O3S. The van der Waals surface area contributed by atoms with E-state index in [2.05, 4.69) is 6.92 Å². The molecule has 2 fully saturated rings. The first-order chi connectivity index (χ1) is 9.30. The van der Waals surface area contributed by atoms with E-state index in [0.29, 0.717) is 32.1 Å². The number of nitrogens with two attached hydrogens (primary N) is 1. The lowest BCUT2D eigenvalue weighted by molar-refractivity contribution is -0.140. The summed E-state index contributed by atoms with van der Waals surface area (Å²) in [4.78, 5) is 14.4. The summed E-state index contributed by atoms with van der Waals surface area (Å²) in [5.74, 6) is 0.325. The SMILES string of the molecule is CC1CCCC(N)C1C(=O)N1CCN(S(C)(=O)=O)CC1. The molecule has 1 saturated carbocycles. The van der Waals surface area contributed by atoms with Crippen LogP contribution in [0.2, 0.25) is 0 Å². The zero-order valence-corrected chi connectivity index (χ0v) is 13.1. The van der Waals surface area contributed by atoms with E-state index in [1.807, 2.05) is 0 Å². The summed E-state index contributed by atoms with van der Waals surface area (Å²) in [6.45, 7) is 3.82. The summed E-state index contributed by atoms with van der Waals surface area (Å²) < 4.78 is 24.4. The van der Waals surface area contributed by atoms with Crippen LogP contribution in [0, 0.1) is 11.8 Å². The summed E-state index contributed by atoms with van der Waals surface area (Å²) in [5.41, 5.74) is 6.12. The minimum atomic E-state index is -3.15. The number of nitrogens with zero attached hydrogens (tertiary/aromatic N) is 2. The zero-order valence-electron chi connectivity index (χ0n) is 12.3. The van der Waals surface area contributed by atoms with Gasteiger partial charge in [0.25, 0.3) is 0 Å². The number of carbonyl (C=O) groups is 1. The normalized spacial score (nSPS) is 33.1. The number of piperazine rings is 1. The Kier molecular flexibility index (Phi) is 4.71. The summed E-state index contributed by atoms with van der Waals surface area (Å²) in [5, 5.41) is 0. The monoisotopic (exact) mass is 303 g/mol. The smallest absolute Gasteiger partial charge is 0.227 e. The predicted molar refractivity (Wildman–Crippen MR) is 77.5 cm³/mol. The lowest BCUT2D eigenvalue weighted by Gasteiger charge is -2.40. The molecule has 3 atom stereocenters. The van der Waals surface area contributed by atoms with Gasteiger partial charge in [-0.3, -0.25) is 4.79 Å². The molecule has 116 valence electrons. The predicted octanol–water partition coefficient (Wildman–Crippen LogP) is -0.146. The molecule has 0 spiro atoms. The third-order valence-corrected chi connectivity index (χ3v) is 5.88. The quantitative estimate of drug-likeness (QED) is 0.769. The molecule has 7 heteroatoms. The number of carbonyl (C=O) groups excluding carboxylic acids is 1. The third-order valence-electron chi connectivity index (χ3n) is 4.58. The van der Waals surface area contributed by atoms with E-state index in [0.717, 1.165) is 19.3 Å². The van der Waals surface area contributed by atoms with Crippen molar-refractivity contribution in [1.29, 1.82) is 0 Å². The molecule has 1 heterocycles. The summed E-state index contributed by atoms with van der Waals surface area (Å²) in [6, 6.07) is -0.0563. The third kappa shape index (κ3) is 3.32. The van der Waals surface area contributed by atoms with Gasteiger partial charge in [-0.15, -0.1) is 0 Å². The zero-order chi connectivity index (χ0) is 14.9. The molecule has 0 aromatic heterocycles. The van der Waals surface area contributed by atoms with Crippen LogP contribution in [0.15, 0.2) is 0 Å². The Balaban J connectivity index is 1.98. The van der Waals surface area contributed by atoms with Crippen LogP contribution >= 0.6 is 0 Å². The van der Waals surface area contributed by atoms with Gasteiger partial charge in [0.15, 0.2) is 0 Å². The molecule has 3 unspecified atom stereocenters. The highest BCUT2D eigenvalue weighted by Crippen LogP contribution is 2.30. The highest BCUT2D eigenvalue weighted by Gasteiger charge is 2.37. The minimum absolute atomic E-state index is 0.0563. The minimum Gasteiger partial charge on any atom is -0.340 e. The molecule has 1 aliphatic heterocycles. The van der Waals surface area contributed by atoms with E-state index in [9.17, 15) is 13.2 Å². The van der Waals surface area contributed by atoms with Crippen LogP contribution in [-0.2, 0) is 14.8 Å². The Morgan fingerprint density at radius 2 is 1.75 bits per heavy atom. The van der Waals surface area contributed by atoms with Crippen molar-refractivity contribution < 1.29 is 13.2 Å². The van der Waals surface area contributed by atoms with Crippen molar-refractivity contribution in [2.24, 2.45) is 17.6 Å². The standard InChI is InChI=1S/C13H25N3O3S/c1-10-4-3-5-11(14)12(10)13(17)15-6-8-16(9-7-15)20(2,18)19/h10-12H,3-9,14H2,1-2H3. The number of rotatable bonds is 2. The van der Waals surface area contributed by atoms with E-state index in [4.69, 9.17) is 5.73 Å². The van der Waals surface area contributed by atoms with Crippen LogP contribution in [0.5, 0.6) is 0 Å². The Morgan fingerprint density at radius 1 is 1.15 bits per heavy atom. The van der Waals surface area contributed by atoms with Crippen LogP contribution in [0.1, 0.15) is 26.2 Å². The van der Waals surface area contributed by atoms with Crippen molar-refractivity contribution in [3.8, 4) is 0 Å². The molecule has 2 N–H and O–H groups in total. The lowest BCUT2D eigenvalue weighted by atomic mass is 9.76. The Bertz CT molecular complexity index is 447. The van der Waals surface area contributed by atoms with E-state index in [1.54, 1.807) is 4.90 Å². The van der Waals surface area contributed by atoms with Gasteiger partial charge in [-0.25, -0.2) is 8.42 Å². The molecule has 0 bridgehead atoms. The maximum atomic E-state index is 12.6. The number of sulfonamides is 1. The first-order valence-corrected chi connectivity index (χ1v) is 9.15. The Morgan fingerprint density at radius 3 is 2.25 bits per heavy atom. The van der Waals surface area contributed by atoms with Gasteiger partial charge in [-0.2, -0.15) is 4.31 Å². The average molecular weight is 303 g/mol. The van der Waals surface area contributed by atoms with Crippen molar-refractivity contribution >= 4 is 15.9 Å². The van der Waals surface area contributed by atoms with E-state index < -0.39 is 10.0 Å². The maximum Gasteiger partial charge on any atom is 0.227 e. The molecule has 2 aliphatic rings. The second-order valence-corrected chi connectivity index (χ2v) is 8.07. The van der Waals surface area contributed by atoms with E-state index in [1.165, 1.54) is 10.6 Å². The van der Waals surface area contributed by atoms with Gasteiger partial charge in [-0.05, 0) is 18.8 Å². The largest absolute Gasteiger partial charge is 0.340 e. The number of hydrogen-bond donors (Lipinski definition) is 1. The van der Waals surface area contributed by atoms with Crippen LogP contribution in [-0.4, -0.2) is 62.0 Å². The summed E-state index contributed by atoms with van der Waals surface area (Å²) in [6.07, 6.45) is 4.26. The van der Waals surface area contributed by atoms with Gasteiger partial charge in [0.2, 0.25) is 15.9 Å². The first kappa shape index (κ1) is 15.7. The Hall–Kier alpha value is -0.660. The second-order valence-electron chi connectivity index (χ2n) is 6.09. The van der Waals surface area contributed by atoms with Gasteiger partial charge >= 0.3 is 0 Å². The van der Waals surface area contributed by atoms with Crippen molar-refractivity contribution in [2.45, 2.75) is 32.2 Å². The molecule has 0 aromatic carbocycles. The molecular weight excluding hydrogens is 278 g/mol. The fourth-order valence-corrected chi connectivity index (χ4v) is 4.16. The molecule has 0 aromatic rings. The summed E-state index contributed by atoms with van der Waals surface area (Å²) >= 11 is 0. The Labute approximate surface area is 121 Å². The molecule has 0 radical (unpaired) electrons. The maximum absolute atomic E-state index is 12.6. The molecule has 20 heavy (non-hydrogen) atoms. The number of amides is 1. The highest BCUT2D eigenvalue weighted by molar-refractivity contribution is 7.88. The van der Waals surface area contributed by atoms with Crippen molar-refractivity contribution in [1.82, 2.24) is 9.21 Å². The highest BCUT2D eigenvalue weighted by atomic mass is 32.2. The fraction of sp³-hybridized carbons (Fsp3) is 0.923. The van der Waals surface area contributed by atoms with Gasteiger partial charge in [0, 0.05) is 32.2 Å². The van der Waals surface area contributed by atoms with Crippen LogP contribution in [0.3, 0.4) is 0 Å². The molecule has 6 nitrogen and oxygen atoms in total. The molecule has 1 aliphatic carbocycles. The first-order valence-electron chi connectivity index (χ1n) is 7.30. The van der Waals surface area contributed by atoms with E-state index >= 15 is 0 Å². The molecule has 2 rings (SSSR count). The molecule has 1 amide bonds. The average Bonchev–Trinajstić information content (AvgIpc) is 2.37. The van der Waals surface area contributed by atoms with Gasteiger partial charge in [0.1, 0.15) is 0 Å². The van der Waals surface area contributed by atoms with Gasteiger partial charge < -0.3 is 10.6 Å². The van der Waals surface area contributed by atoms with Crippen LogP contribution in [0.4, 0.5) is 0 Å². The van der Waals surface area contributed by atoms with Crippen LogP contribution in [0.25, 0.3) is 0 Å². The van der Waals surface area contributed by atoms with E-state index in [-0.39, 0.29) is 17.9 Å². The van der Waals surface area contributed by atoms with Gasteiger partial charge in [-0.1, -0.05) is 13.3 Å². The summed E-state index contributed by atoms with van der Waals surface area (Å²) in [7, 11) is -3.15. The van der Waals surface area contributed by atoms with Crippen molar-refractivity contribution in [3.63, 3.8) is 0 Å². The van der Waals surface area contributed by atoms with Crippen LogP contribution < -0.4 is 5.73 Å². The molecule has 1 saturated heterocycles. The van der Waals surface area contributed by atoms with Crippen molar-refractivity contribution in [2.75, 3.05) is 32.4 Å². The fourth-order valence-electron chi connectivity index (χ4n) is 3.33. The van der Waals surface area contributed by atoms with Gasteiger partial charge in [0.05, 0.1) is 12.2 Å². The lowest BCUT2D eigenvalue weighted by Crippen LogP contribution is -2.55.